The van der Waals surface area contributed by atoms with Gasteiger partial charge in [0.2, 0.25) is 0 Å². The number of ether oxygens (including phenoxy) is 1. The van der Waals surface area contributed by atoms with Crippen LogP contribution in [0.15, 0.2) is 33.6 Å². The lowest BCUT2D eigenvalue weighted by Gasteiger charge is -2.06. The lowest BCUT2D eigenvalue weighted by Crippen LogP contribution is -2.22. The molecule has 0 saturated heterocycles. The fraction of sp³-hybridized carbons (Fsp3) is 0.500. The van der Waals surface area contributed by atoms with Crippen molar-refractivity contribution in [1.29, 1.82) is 0 Å². The summed E-state index contributed by atoms with van der Waals surface area (Å²) in [6.07, 6.45) is 0.596. The Hall–Kier alpha value is -0.430. The molecule has 0 aliphatic rings. The minimum atomic E-state index is -3.18. The highest BCUT2D eigenvalue weighted by atomic mass is 79.9. The smallest absolute Gasteiger partial charge is 0.178 e. The summed E-state index contributed by atoms with van der Waals surface area (Å²) in [6.45, 7) is 2.06. The highest BCUT2D eigenvalue weighted by Crippen LogP contribution is 2.17. The van der Waals surface area contributed by atoms with Crippen molar-refractivity contribution in [1.82, 2.24) is 5.32 Å². The van der Waals surface area contributed by atoms with Gasteiger partial charge in [-0.05, 0) is 31.2 Å². The molecule has 0 atom stereocenters. The first-order valence-corrected chi connectivity index (χ1v) is 8.19. The first-order chi connectivity index (χ1) is 8.56. The van der Waals surface area contributed by atoms with Gasteiger partial charge in [0.25, 0.3) is 0 Å². The molecule has 0 spiro atoms. The molecule has 0 unspecified atom stereocenters. The van der Waals surface area contributed by atoms with Crippen molar-refractivity contribution in [3.05, 3.63) is 28.7 Å². The Morgan fingerprint density at radius 2 is 2.11 bits per heavy atom. The molecule has 1 aromatic carbocycles. The van der Waals surface area contributed by atoms with Crippen molar-refractivity contribution in [2.75, 3.05) is 32.6 Å². The molecule has 1 aromatic rings. The van der Waals surface area contributed by atoms with Crippen LogP contribution in [-0.2, 0) is 14.6 Å². The zero-order valence-electron chi connectivity index (χ0n) is 10.4. The van der Waals surface area contributed by atoms with E-state index in [4.69, 9.17) is 4.74 Å². The van der Waals surface area contributed by atoms with E-state index in [9.17, 15) is 8.42 Å². The Morgan fingerprint density at radius 1 is 1.33 bits per heavy atom. The Kier molecular flexibility index (Phi) is 6.85. The molecule has 0 aromatic heterocycles. The van der Waals surface area contributed by atoms with Gasteiger partial charge in [-0.2, -0.15) is 0 Å². The predicted molar refractivity (Wildman–Crippen MR) is 75.6 cm³/mol. The maximum atomic E-state index is 12.0. The third-order valence-electron chi connectivity index (χ3n) is 2.40. The summed E-state index contributed by atoms with van der Waals surface area (Å²) in [5, 5.41) is 3.12. The van der Waals surface area contributed by atoms with Crippen LogP contribution in [0.3, 0.4) is 0 Å². The predicted octanol–water partition coefficient (Wildman–Crippen LogP) is 1.85. The summed E-state index contributed by atoms with van der Waals surface area (Å²) in [6, 6.07) is 6.80. The second-order valence-electron chi connectivity index (χ2n) is 3.87. The SMILES string of the molecule is COCCNCCCS(=O)(=O)c1cccc(Br)c1. The van der Waals surface area contributed by atoms with Crippen molar-refractivity contribution < 1.29 is 13.2 Å². The van der Waals surface area contributed by atoms with Crippen LogP contribution in [0.2, 0.25) is 0 Å². The fourth-order valence-electron chi connectivity index (χ4n) is 1.46. The number of benzene rings is 1. The van der Waals surface area contributed by atoms with Gasteiger partial charge in [0.05, 0.1) is 17.3 Å². The molecule has 1 N–H and O–H groups in total. The molecular formula is C12H18BrNO3S. The zero-order valence-corrected chi connectivity index (χ0v) is 12.8. The van der Waals surface area contributed by atoms with Crippen LogP contribution in [0.4, 0.5) is 0 Å². The zero-order chi connectivity index (χ0) is 13.4. The second-order valence-corrected chi connectivity index (χ2v) is 6.90. The summed E-state index contributed by atoms with van der Waals surface area (Å²) in [4.78, 5) is 0.369. The van der Waals surface area contributed by atoms with E-state index >= 15 is 0 Å². The van der Waals surface area contributed by atoms with E-state index in [1.165, 1.54) is 0 Å². The molecule has 0 radical (unpaired) electrons. The van der Waals surface area contributed by atoms with Crippen LogP contribution in [0.1, 0.15) is 6.42 Å². The van der Waals surface area contributed by atoms with E-state index in [-0.39, 0.29) is 5.75 Å². The maximum absolute atomic E-state index is 12.0. The highest BCUT2D eigenvalue weighted by Gasteiger charge is 2.13. The van der Waals surface area contributed by atoms with Crippen LogP contribution in [-0.4, -0.2) is 41.0 Å². The van der Waals surface area contributed by atoms with Gasteiger partial charge in [0.15, 0.2) is 9.84 Å². The van der Waals surface area contributed by atoms with E-state index in [0.29, 0.717) is 24.5 Å². The van der Waals surface area contributed by atoms with Crippen molar-refractivity contribution >= 4 is 25.8 Å². The minimum Gasteiger partial charge on any atom is -0.383 e. The van der Waals surface area contributed by atoms with Crippen LogP contribution in [0, 0.1) is 0 Å². The molecule has 0 aliphatic carbocycles. The topological polar surface area (TPSA) is 55.4 Å². The van der Waals surface area contributed by atoms with E-state index in [1.807, 2.05) is 6.07 Å². The minimum absolute atomic E-state index is 0.156. The molecule has 4 nitrogen and oxygen atoms in total. The summed E-state index contributed by atoms with van der Waals surface area (Å²) in [7, 11) is -1.54. The van der Waals surface area contributed by atoms with E-state index < -0.39 is 9.84 Å². The molecule has 0 bridgehead atoms. The molecule has 0 heterocycles. The van der Waals surface area contributed by atoms with Gasteiger partial charge in [-0.25, -0.2) is 8.42 Å². The lowest BCUT2D eigenvalue weighted by atomic mass is 10.4. The van der Waals surface area contributed by atoms with E-state index in [0.717, 1.165) is 11.0 Å². The van der Waals surface area contributed by atoms with Crippen LogP contribution < -0.4 is 5.32 Å². The molecule has 0 fully saturated rings. The standard InChI is InChI=1S/C12H18BrNO3S/c1-17-8-7-14-6-3-9-18(15,16)12-5-2-4-11(13)10-12/h2,4-5,10,14H,3,6-9H2,1H3. The number of sulfone groups is 1. The van der Waals surface area contributed by atoms with Gasteiger partial charge >= 0.3 is 0 Å². The van der Waals surface area contributed by atoms with Crippen molar-refractivity contribution in [2.24, 2.45) is 0 Å². The van der Waals surface area contributed by atoms with Crippen LogP contribution >= 0.6 is 15.9 Å². The number of nitrogens with one attached hydrogen (secondary N) is 1. The van der Waals surface area contributed by atoms with Crippen molar-refractivity contribution in [3.8, 4) is 0 Å². The Bertz CT molecular complexity index is 462. The first-order valence-electron chi connectivity index (χ1n) is 5.74. The third kappa shape index (κ3) is 5.48. The van der Waals surface area contributed by atoms with Crippen LogP contribution in [0.5, 0.6) is 0 Å². The Balaban J connectivity index is 2.41. The summed E-state index contributed by atoms with van der Waals surface area (Å²) in [5.41, 5.74) is 0. The largest absolute Gasteiger partial charge is 0.383 e. The summed E-state index contributed by atoms with van der Waals surface area (Å²) < 4.78 is 29.7. The molecule has 102 valence electrons. The normalized spacial score (nSPS) is 11.7. The number of halogens is 1. The number of hydrogen-bond acceptors (Lipinski definition) is 4. The number of rotatable bonds is 8. The summed E-state index contributed by atoms with van der Waals surface area (Å²) >= 11 is 3.27. The molecule has 0 amide bonds. The molecule has 0 saturated carbocycles. The number of methoxy groups -OCH3 is 1. The van der Waals surface area contributed by atoms with Gasteiger partial charge < -0.3 is 10.1 Å². The molecule has 6 heteroatoms. The van der Waals surface area contributed by atoms with E-state index in [2.05, 4.69) is 21.2 Å². The first kappa shape index (κ1) is 15.6. The summed E-state index contributed by atoms with van der Waals surface area (Å²) in [5.74, 6) is 0.156. The Labute approximate surface area is 117 Å². The van der Waals surface area contributed by atoms with Gasteiger partial charge in [-0.15, -0.1) is 0 Å². The van der Waals surface area contributed by atoms with Gasteiger partial charge in [-0.1, -0.05) is 22.0 Å². The van der Waals surface area contributed by atoms with Crippen molar-refractivity contribution in [3.63, 3.8) is 0 Å². The molecule has 18 heavy (non-hydrogen) atoms. The lowest BCUT2D eigenvalue weighted by molar-refractivity contribution is 0.199. The molecule has 1 rings (SSSR count). The average molecular weight is 336 g/mol. The highest BCUT2D eigenvalue weighted by molar-refractivity contribution is 9.10. The van der Waals surface area contributed by atoms with Gasteiger partial charge in [0.1, 0.15) is 0 Å². The Morgan fingerprint density at radius 3 is 2.78 bits per heavy atom. The molecule has 0 aliphatic heterocycles. The third-order valence-corrected chi connectivity index (χ3v) is 4.70. The van der Waals surface area contributed by atoms with Gasteiger partial charge in [-0.3, -0.25) is 0 Å². The van der Waals surface area contributed by atoms with Crippen LogP contribution in [0.25, 0.3) is 0 Å². The molecular weight excluding hydrogens is 318 g/mol. The van der Waals surface area contributed by atoms with Crippen molar-refractivity contribution in [2.45, 2.75) is 11.3 Å². The number of hydrogen-bond donors (Lipinski definition) is 1. The monoisotopic (exact) mass is 335 g/mol. The maximum Gasteiger partial charge on any atom is 0.178 e. The van der Waals surface area contributed by atoms with Gasteiger partial charge in [0, 0.05) is 18.1 Å². The fourth-order valence-corrected chi connectivity index (χ4v) is 3.37. The second kappa shape index (κ2) is 7.89. The average Bonchev–Trinajstić information content (AvgIpc) is 2.33. The van der Waals surface area contributed by atoms with E-state index in [1.54, 1.807) is 25.3 Å². The quantitative estimate of drug-likeness (QED) is 0.736.